The van der Waals surface area contributed by atoms with Crippen LogP contribution in [0.5, 0.6) is 0 Å². The largest absolute Gasteiger partial charge is 0.302 e. The van der Waals surface area contributed by atoms with Gasteiger partial charge in [-0.25, -0.2) is 13.1 Å². The smallest absolute Gasteiger partial charge is 0.241 e. The Morgan fingerprint density at radius 3 is 2.32 bits per heavy atom. The minimum Gasteiger partial charge on any atom is -0.302 e. The molecule has 1 aromatic rings. The lowest BCUT2D eigenvalue weighted by Crippen LogP contribution is -2.42. The molecule has 0 saturated heterocycles. The second-order valence-corrected chi connectivity index (χ2v) is 6.46. The zero-order valence-electron chi connectivity index (χ0n) is 12.2. The summed E-state index contributed by atoms with van der Waals surface area (Å²) in [6.45, 7) is 10.4. The van der Waals surface area contributed by atoms with E-state index < -0.39 is 10.0 Å². The number of rotatable bonds is 7. The summed E-state index contributed by atoms with van der Waals surface area (Å²) >= 11 is 0. The summed E-state index contributed by atoms with van der Waals surface area (Å²) in [5.41, 5.74) is 0.769. The predicted octanol–water partition coefficient (Wildman–Crippen LogP) is 2.00. The minimum atomic E-state index is -3.43. The molecule has 1 N–H and O–H groups in total. The Kier molecular flexibility index (Phi) is 5.97. The molecule has 1 atom stereocenters. The molecule has 19 heavy (non-hydrogen) atoms. The number of benzene rings is 1. The summed E-state index contributed by atoms with van der Waals surface area (Å²) < 4.78 is 27.3. The van der Waals surface area contributed by atoms with E-state index in [2.05, 4.69) is 23.5 Å². The topological polar surface area (TPSA) is 49.4 Å². The number of nitrogens with zero attached hydrogens (tertiary/aromatic N) is 1. The molecule has 1 unspecified atom stereocenters. The van der Waals surface area contributed by atoms with E-state index in [0.29, 0.717) is 4.90 Å². The summed E-state index contributed by atoms with van der Waals surface area (Å²) in [5.74, 6) is 0. The highest BCUT2D eigenvalue weighted by molar-refractivity contribution is 7.89. The van der Waals surface area contributed by atoms with Crippen LogP contribution in [0.1, 0.15) is 26.3 Å². The number of nitrogens with one attached hydrogen (secondary N) is 1. The van der Waals surface area contributed by atoms with Crippen LogP contribution in [-0.4, -0.2) is 39.0 Å². The molecule has 0 amide bonds. The van der Waals surface area contributed by atoms with Crippen molar-refractivity contribution in [2.24, 2.45) is 0 Å². The van der Waals surface area contributed by atoms with E-state index in [9.17, 15) is 8.42 Å². The molecule has 1 rings (SSSR count). The van der Waals surface area contributed by atoms with Crippen LogP contribution >= 0.6 is 0 Å². The molecule has 0 aliphatic rings. The van der Waals surface area contributed by atoms with Crippen molar-refractivity contribution in [1.29, 1.82) is 0 Å². The van der Waals surface area contributed by atoms with Gasteiger partial charge in [0.05, 0.1) is 4.90 Å². The molecule has 0 bridgehead atoms. The van der Waals surface area contributed by atoms with Crippen molar-refractivity contribution < 1.29 is 8.42 Å². The monoisotopic (exact) mass is 284 g/mol. The van der Waals surface area contributed by atoms with E-state index in [1.807, 2.05) is 26.0 Å². The summed E-state index contributed by atoms with van der Waals surface area (Å²) in [5, 5.41) is 0. The fourth-order valence-electron chi connectivity index (χ4n) is 2.09. The first-order chi connectivity index (χ1) is 8.90. The van der Waals surface area contributed by atoms with Crippen molar-refractivity contribution in [2.75, 3.05) is 19.6 Å². The van der Waals surface area contributed by atoms with Crippen LogP contribution in [-0.2, 0) is 10.0 Å². The number of aryl methyl sites for hydroxylation is 1. The Morgan fingerprint density at radius 1 is 1.21 bits per heavy atom. The van der Waals surface area contributed by atoms with Crippen molar-refractivity contribution in [3.05, 3.63) is 29.8 Å². The Labute approximate surface area is 116 Å². The average molecular weight is 284 g/mol. The summed E-state index contributed by atoms with van der Waals surface area (Å²) in [6, 6.07) is 6.93. The lowest BCUT2D eigenvalue weighted by molar-refractivity contribution is 0.282. The van der Waals surface area contributed by atoms with Gasteiger partial charge in [-0.3, -0.25) is 0 Å². The van der Waals surface area contributed by atoms with Gasteiger partial charge in [0.2, 0.25) is 10.0 Å². The molecule has 0 aliphatic carbocycles. The molecule has 0 aromatic heterocycles. The van der Waals surface area contributed by atoms with Crippen LogP contribution < -0.4 is 4.72 Å². The molecule has 0 radical (unpaired) electrons. The van der Waals surface area contributed by atoms with E-state index in [1.165, 1.54) is 0 Å². The molecule has 0 spiro atoms. The van der Waals surface area contributed by atoms with E-state index in [0.717, 1.165) is 25.2 Å². The second-order valence-electron chi connectivity index (χ2n) is 4.77. The van der Waals surface area contributed by atoms with Gasteiger partial charge in [-0.15, -0.1) is 0 Å². The molecular weight excluding hydrogens is 260 g/mol. The normalized spacial score (nSPS) is 13.7. The van der Waals surface area contributed by atoms with Gasteiger partial charge in [-0.05, 0) is 38.6 Å². The Balaban J connectivity index is 2.78. The van der Waals surface area contributed by atoms with Crippen molar-refractivity contribution in [3.8, 4) is 0 Å². The first-order valence-corrected chi connectivity index (χ1v) is 8.19. The summed E-state index contributed by atoms with van der Waals surface area (Å²) in [4.78, 5) is 2.56. The molecule has 4 nitrogen and oxygen atoms in total. The molecule has 0 saturated carbocycles. The van der Waals surface area contributed by atoms with Crippen molar-refractivity contribution in [1.82, 2.24) is 9.62 Å². The Morgan fingerprint density at radius 2 is 1.79 bits per heavy atom. The Bertz CT molecular complexity index is 496. The summed E-state index contributed by atoms with van der Waals surface area (Å²) in [7, 11) is -3.43. The molecular formula is C14H24N2O2S. The third kappa shape index (κ3) is 4.60. The fraction of sp³-hybridized carbons (Fsp3) is 0.571. The van der Waals surface area contributed by atoms with Crippen molar-refractivity contribution in [3.63, 3.8) is 0 Å². The van der Waals surface area contributed by atoms with Crippen LogP contribution in [0.4, 0.5) is 0 Å². The van der Waals surface area contributed by atoms with Gasteiger partial charge in [-0.2, -0.15) is 0 Å². The molecule has 0 fully saturated rings. The standard InChI is InChI=1S/C14H24N2O2S/c1-5-16(6-2)11-13(4)15-19(17,18)14-10-8-7-9-12(14)3/h7-10,13,15H,5-6,11H2,1-4H3. The van der Waals surface area contributed by atoms with Gasteiger partial charge in [0.15, 0.2) is 0 Å². The molecule has 5 heteroatoms. The Hall–Kier alpha value is -0.910. The highest BCUT2D eigenvalue weighted by Gasteiger charge is 2.19. The van der Waals surface area contributed by atoms with Gasteiger partial charge in [0.25, 0.3) is 0 Å². The third-order valence-electron chi connectivity index (χ3n) is 3.17. The van der Waals surface area contributed by atoms with E-state index in [4.69, 9.17) is 0 Å². The summed E-state index contributed by atoms with van der Waals surface area (Å²) in [6.07, 6.45) is 0. The van der Waals surface area contributed by atoms with Crippen LogP contribution in [0, 0.1) is 6.92 Å². The van der Waals surface area contributed by atoms with Crippen LogP contribution in [0.25, 0.3) is 0 Å². The van der Waals surface area contributed by atoms with Crippen LogP contribution in [0.3, 0.4) is 0 Å². The van der Waals surface area contributed by atoms with Gasteiger partial charge in [-0.1, -0.05) is 32.0 Å². The molecule has 0 aliphatic heterocycles. The quantitative estimate of drug-likeness (QED) is 0.833. The molecule has 1 aromatic carbocycles. The second kappa shape index (κ2) is 7.03. The van der Waals surface area contributed by atoms with Gasteiger partial charge in [0, 0.05) is 12.6 Å². The van der Waals surface area contributed by atoms with Crippen LogP contribution in [0.2, 0.25) is 0 Å². The number of likely N-dealkylation sites (N-methyl/N-ethyl adjacent to an activating group) is 1. The average Bonchev–Trinajstić information content (AvgIpc) is 2.35. The molecule has 108 valence electrons. The SMILES string of the molecule is CCN(CC)CC(C)NS(=O)(=O)c1ccccc1C. The first-order valence-electron chi connectivity index (χ1n) is 6.71. The van der Waals surface area contributed by atoms with Gasteiger partial charge < -0.3 is 4.90 Å². The lowest BCUT2D eigenvalue weighted by atomic mass is 10.2. The minimum absolute atomic E-state index is 0.107. The maximum atomic E-state index is 12.3. The van der Waals surface area contributed by atoms with Gasteiger partial charge in [0.1, 0.15) is 0 Å². The van der Waals surface area contributed by atoms with Crippen molar-refractivity contribution >= 4 is 10.0 Å². The van der Waals surface area contributed by atoms with E-state index >= 15 is 0 Å². The van der Waals surface area contributed by atoms with Gasteiger partial charge >= 0.3 is 0 Å². The fourth-order valence-corrected chi connectivity index (χ4v) is 3.57. The molecule has 0 heterocycles. The first kappa shape index (κ1) is 16.1. The number of hydrogen-bond acceptors (Lipinski definition) is 3. The highest BCUT2D eigenvalue weighted by atomic mass is 32.2. The van der Waals surface area contributed by atoms with E-state index in [-0.39, 0.29) is 6.04 Å². The maximum Gasteiger partial charge on any atom is 0.241 e. The lowest BCUT2D eigenvalue weighted by Gasteiger charge is -2.23. The number of hydrogen-bond donors (Lipinski definition) is 1. The number of sulfonamides is 1. The predicted molar refractivity (Wildman–Crippen MR) is 78.8 cm³/mol. The van der Waals surface area contributed by atoms with Crippen molar-refractivity contribution in [2.45, 2.75) is 38.6 Å². The zero-order chi connectivity index (χ0) is 14.5. The highest BCUT2D eigenvalue weighted by Crippen LogP contribution is 2.14. The van der Waals surface area contributed by atoms with Crippen LogP contribution in [0.15, 0.2) is 29.2 Å². The third-order valence-corrected chi connectivity index (χ3v) is 4.92. The zero-order valence-corrected chi connectivity index (χ0v) is 13.0. The maximum absolute atomic E-state index is 12.3. The van der Waals surface area contributed by atoms with E-state index in [1.54, 1.807) is 12.1 Å².